The van der Waals surface area contributed by atoms with Crippen LogP contribution in [0.1, 0.15) is 31.7 Å². The Morgan fingerprint density at radius 1 is 1.23 bits per heavy atom. The summed E-state index contributed by atoms with van der Waals surface area (Å²) in [5.74, 6) is 0.253. The van der Waals surface area contributed by atoms with Crippen molar-refractivity contribution in [3.63, 3.8) is 0 Å². The number of piperidine rings is 1. The van der Waals surface area contributed by atoms with Crippen LogP contribution in [-0.2, 0) is 16.1 Å². The minimum atomic E-state index is 0. The van der Waals surface area contributed by atoms with Crippen molar-refractivity contribution in [1.82, 2.24) is 9.80 Å². The fourth-order valence-electron chi connectivity index (χ4n) is 3.78. The molecule has 146 valence electrons. The fraction of sp³-hybridized carbons (Fsp3) is 0.650. The van der Waals surface area contributed by atoms with E-state index >= 15 is 0 Å². The Morgan fingerprint density at radius 3 is 2.54 bits per heavy atom. The molecule has 1 unspecified atom stereocenters. The highest BCUT2D eigenvalue weighted by Crippen LogP contribution is 2.28. The molecule has 2 aliphatic heterocycles. The molecule has 1 amide bonds. The lowest BCUT2D eigenvalue weighted by atomic mass is 9.90. The molecule has 6 heteroatoms. The summed E-state index contributed by atoms with van der Waals surface area (Å²) in [7, 11) is 0. The molecule has 1 aromatic rings. The zero-order valence-electron chi connectivity index (χ0n) is 15.7. The van der Waals surface area contributed by atoms with E-state index in [1.807, 2.05) is 23.1 Å². The first-order valence-corrected chi connectivity index (χ1v) is 9.44. The van der Waals surface area contributed by atoms with E-state index in [9.17, 15) is 4.79 Å². The first-order chi connectivity index (χ1) is 12.1. The Labute approximate surface area is 163 Å². The Hall–Kier alpha value is -1.14. The normalized spacial score (nSPS) is 24.5. The Morgan fingerprint density at radius 2 is 1.92 bits per heavy atom. The van der Waals surface area contributed by atoms with Gasteiger partial charge in [-0.1, -0.05) is 37.3 Å². The molecule has 0 radical (unpaired) electrons. The third kappa shape index (κ3) is 5.68. The number of halogens is 1. The zero-order valence-corrected chi connectivity index (χ0v) is 16.5. The maximum atomic E-state index is 12.6. The number of nitrogens with two attached hydrogens (primary N) is 1. The molecule has 0 aliphatic carbocycles. The van der Waals surface area contributed by atoms with Crippen LogP contribution >= 0.6 is 12.4 Å². The van der Waals surface area contributed by atoms with Gasteiger partial charge < -0.3 is 15.4 Å². The number of carbonyl (C=O) groups is 1. The molecule has 5 nitrogen and oxygen atoms in total. The number of amides is 1. The van der Waals surface area contributed by atoms with Gasteiger partial charge in [0.05, 0.1) is 19.3 Å². The third-order valence-corrected chi connectivity index (χ3v) is 5.61. The van der Waals surface area contributed by atoms with E-state index in [-0.39, 0.29) is 29.8 Å². The lowest BCUT2D eigenvalue weighted by molar-refractivity contribution is -0.135. The summed E-state index contributed by atoms with van der Waals surface area (Å²) in [4.78, 5) is 16.8. The Balaban J connectivity index is 0.00000243. The molecule has 26 heavy (non-hydrogen) atoms. The topological polar surface area (TPSA) is 58.8 Å². The van der Waals surface area contributed by atoms with Gasteiger partial charge in [0.25, 0.3) is 0 Å². The number of ether oxygens (including phenoxy) is 1. The Kier molecular flexibility index (Phi) is 7.89. The van der Waals surface area contributed by atoms with E-state index in [0.717, 1.165) is 45.4 Å². The minimum Gasteiger partial charge on any atom is -0.373 e. The van der Waals surface area contributed by atoms with Crippen LogP contribution in [0.25, 0.3) is 0 Å². The first kappa shape index (κ1) is 21.2. The highest BCUT2D eigenvalue weighted by Gasteiger charge is 2.34. The number of rotatable bonds is 6. The van der Waals surface area contributed by atoms with Gasteiger partial charge in [0.2, 0.25) is 5.91 Å². The SMILES string of the molecule is CC1(CN)CCN(CC(=O)N2CCC(OCc3ccccc3)CC2)C1.Cl. The average Bonchev–Trinajstić information content (AvgIpc) is 3.03. The Bertz CT molecular complexity index is 563. The lowest BCUT2D eigenvalue weighted by Crippen LogP contribution is -2.45. The van der Waals surface area contributed by atoms with Crippen molar-refractivity contribution < 1.29 is 9.53 Å². The van der Waals surface area contributed by atoms with Gasteiger partial charge in [-0.3, -0.25) is 9.69 Å². The monoisotopic (exact) mass is 381 g/mol. The number of hydrogen-bond acceptors (Lipinski definition) is 4. The van der Waals surface area contributed by atoms with Crippen molar-refractivity contribution in [2.24, 2.45) is 11.1 Å². The second-order valence-electron chi connectivity index (χ2n) is 7.85. The minimum absolute atomic E-state index is 0. The number of likely N-dealkylation sites (tertiary alicyclic amines) is 2. The van der Waals surface area contributed by atoms with Crippen molar-refractivity contribution in [2.45, 2.75) is 38.9 Å². The molecule has 1 atom stereocenters. The van der Waals surface area contributed by atoms with Crippen LogP contribution in [0.5, 0.6) is 0 Å². The summed E-state index contributed by atoms with van der Waals surface area (Å²) in [5.41, 5.74) is 7.24. The van der Waals surface area contributed by atoms with Crippen LogP contribution in [0.3, 0.4) is 0 Å². The van der Waals surface area contributed by atoms with Crippen LogP contribution in [0, 0.1) is 5.41 Å². The summed E-state index contributed by atoms with van der Waals surface area (Å²) in [6.07, 6.45) is 3.21. The van der Waals surface area contributed by atoms with Crippen molar-refractivity contribution in [1.29, 1.82) is 0 Å². The van der Waals surface area contributed by atoms with Crippen LogP contribution in [0.2, 0.25) is 0 Å². The second-order valence-corrected chi connectivity index (χ2v) is 7.85. The third-order valence-electron chi connectivity index (χ3n) is 5.61. The van der Waals surface area contributed by atoms with Crippen LogP contribution in [0.4, 0.5) is 0 Å². The van der Waals surface area contributed by atoms with Crippen LogP contribution in [0.15, 0.2) is 30.3 Å². The van der Waals surface area contributed by atoms with Gasteiger partial charge in [0.15, 0.2) is 0 Å². The zero-order chi connectivity index (χ0) is 17.7. The van der Waals surface area contributed by atoms with Gasteiger partial charge in [-0.2, -0.15) is 0 Å². The highest BCUT2D eigenvalue weighted by atomic mass is 35.5. The van der Waals surface area contributed by atoms with Gasteiger partial charge in [-0.15, -0.1) is 12.4 Å². The van der Waals surface area contributed by atoms with Crippen LogP contribution in [-0.4, -0.2) is 61.1 Å². The van der Waals surface area contributed by atoms with Crippen molar-refractivity contribution in [2.75, 3.05) is 39.3 Å². The van der Waals surface area contributed by atoms with Crippen molar-refractivity contribution >= 4 is 18.3 Å². The van der Waals surface area contributed by atoms with E-state index < -0.39 is 0 Å². The molecular weight excluding hydrogens is 350 g/mol. The molecule has 2 saturated heterocycles. The molecule has 2 heterocycles. The molecule has 0 bridgehead atoms. The lowest BCUT2D eigenvalue weighted by Gasteiger charge is -2.33. The summed E-state index contributed by atoms with van der Waals surface area (Å²) < 4.78 is 6.01. The molecule has 0 saturated carbocycles. The summed E-state index contributed by atoms with van der Waals surface area (Å²) in [5, 5.41) is 0. The van der Waals surface area contributed by atoms with Gasteiger partial charge in [-0.05, 0) is 43.3 Å². The molecular formula is C20H32ClN3O2. The molecule has 0 aromatic heterocycles. The number of hydrogen-bond donors (Lipinski definition) is 1. The van der Waals surface area contributed by atoms with E-state index in [1.54, 1.807) is 0 Å². The fourth-order valence-corrected chi connectivity index (χ4v) is 3.78. The maximum Gasteiger partial charge on any atom is 0.236 e. The van der Waals surface area contributed by atoms with E-state index in [2.05, 4.69) is 24.0 Å². The van der Waals surface area contributed by atoms with Gasteiger partial charge >= 0.3 is 0 Å². The second kappa shape index (κ2) is 9.70. The predicted octanol–water partition coefficient (Wildman–Crippen LogP) is 2.29. The molecule has 2 N–H and O–H groups in total. The van der Waals surface area contributed by atoms with Gasteiger partial charge in [-0.25, -0.2) is 0 Å². The molecule has 2 fully saturated rings. The number of carbonyl (C=O) groups excluding carboxylic acids is 1. The maximum absolute atomic E-state index is 12.6. The predicted molar refractivity (Wildman–Crippen MR) is 106 cm³/mol. The summed E-state index contributed by atoms with van der Waals surface area (Å²) in [6, 6.07) is 10.3. The average molecular weight is 382 g/mol. The number of benzene rings is 1. The van der Waals surface area contributed by atoms with Crippen molar-refractivity contribution in [3.05, 3.63) is 35.9 Å². The largest absolute Gasteiger partial charge is 0.373 e. The van der Waals surface area contributed by atoms with Crippen LogP contribution < -0.4 is 5.73 Å². The summed E-state index contributed by atoms with van der Waals surface area (Å²) in [6.45, 7) is 7.63. The van der Waals surface area contributed by atoms with E-state index in [1.165, 1.54) is 5.56 Å². The standard InChI is InChI=1S/C20H31N3O2.ClH/c1-20(15-21)9-12-22(16-20)13-19(24)23-10-7-18(8-11-23)25-14-17-5-3-2-4-6-17;/h2-6,18H,7-16,21H2,1H3;1H. The van der Waals surface area contributed by atoms with E-state index in [0.29, 0.717) is 19.7 Å². The smallest absolute Gasteiger partial charge is 0.236 e. The molecule has 2 aliphatic rings. The number of nitrogens with zero attached hydrogens (tertiary/aromatic N) is 2. The van der Waals surface area contributed by atoms with E-state index in [4.69, 9.17) is 10.5 Å². The highest BCUT2D eigenvalue weighted by molar-refractivity contribution is 5.85. The molecule has 0 spiro atoms. The quantitative estimate of drug-likeness (QED) is 0.821. The van der Waals surface area contributed by atoms with Gasteiger partial charge in [0.1, 0.15) is 0 Å². The summed E-state index contributed by atoms with van der Waals surface area (Å²) >= 11 is 0. The molecule has 3 rings (SSSR count). The first-order valence-electron chi connectivity index (χ1n) is 9.44. The van der Waals surface area contributed by atoms with Crippen molar-refractivity contribution in [3.8, 4) is 0 Å². The molecule has 1 aromatic carbocycles. The van der Waals surface area contributed by atoms with Gasteiger partial charge in [0, 0.05) is 19.6 Å².